The highest BCUT2D eigenvalue weighted by Gasteiger charge is 2.45. The van der Waals surface area contributed by atoms with Gasteiger partial charge in [-0.3, -0.25) is 9.59 Å². The van der Waals surface area contributed by atoms with Crippen LogP contribution in [0.15, 0.2) is 45.4 Å². The zero-order valence-corrected chi connectivity index (χ0v) is 19.0. The van der Waals surface area contributed by atoms with E-state index in [0.717, 1.165) is 23.3 Å². The maximum Gasteiger partial charge on any atom is 0.290 e. The SMILES string of the molecule is CCCCN1C(=O)C(O)=C(C(=O)c2cc3cc(Cl)cc(OC)c3o2)C1c1sccc1C. The van der Waals surface area contributed by atoms with Crippen LogP contribution in [0, 0.1) is 6.92 Å². The molecule has 0 saturated heterocycles. The van der Waals surface area contributed by atoms with Gasteiger partial charge in [0.1, 0.15) is 0 Å². The molecule has 1 atom stereocenters. The molecule has 1 aromatic carbocycles. The Morgan fingerprint density at radius 3 is 2.77 bits per heavy atom. The number of ketones is 1. The normalized spacial score (nSPS) is 16.6. The van der Waals surface area contributed by atoms with Crippen LogP contribution in [-0.4, -0.2) is 35.4 Å². The van der Waals surface area contributed by atoms with Gasteiger partial charge in [-0.15, -0.1) is 11.3 Å². The molecule has 0 fully saturated rings. The molecule has 162 valence electrons. The van der Waals surface area contributed by atoms with Gasteiger partial charge in [0.05, 0.1) is 18.7 Å². The number of hydrogen-bond donors (Lipinski definition) is 1. The third-order valence-corrected chi connectivity index (χ3v) is 6.73. The summed E-state index contributed by atoms with van der Waals surface area (Å²) >= 11 is 7.59. The molecule has 0 radical (unpaired) electrons. The molecule has 8 heteroatoms. The number of hydrogen-bond acceptors (Lipinski definition) is 6. The fourth-order valence-electron chi connectivity index (χ4n) is 3.86. The quantitative estimate of drug-likeness (QED) is 0.449. The number of Topliss-reactive ketones (excluding diaryl/α,β-unsaturated/α-hetero) is 1. The summed E-state index contributed by atoms with van der Waals surface area (Å²) in [4.78, 5) is 28.9. The minimum atomic E-state index is -0.648. The molecular formula is C23H22ClNO5S. The van der Waals surface area contributed by atoms with Crippen molar-refractivity contribution < 1.29 is 23.8 Å². The number of fused-ring (bicyclic) bond motifs is 1. The number of ether oxygens (including phenoxy) is 1. The number of carbonyl (C=O) groups excluding carboxylic acids is 2. The lowest BCUT2D eigenvalue weighted by Gasteiger charge is -2.26. The average molecular weight is 460 g/mol. The largest absolute Gasteiger partial charge is 0.503 e. The minimum absolute atomic E-state index is 0.0152. The van der Waals surface area contributed by atoms with Crippen molar-refractivity contribution in [3.63, 3.8) is 0 Å². The Labute approximate surface area is 188 Å². The highest BCUT2D eigenvalue weighted by atomic mass is 35.5. The second kappa shape index (κ2) is 8.40. The fourth-order valence-corrected chi connectivity index (χ4v) is 5.13. The molecule has 1 amide bonds. The molecule has 0 bridgehead atoms. The van der Waals surface area contributed by atoms with Gasteiger partial charge in [-0.2, -0.15) is 0 Å². The summed E-state index contributed by atoms with van der Waals surface area (Å²) in [5.74, 6) is -1.17. The fraction of sp³-hybridized carbons (Fsp3) is 0.304. The molecule has 3 heterocycles. The standard InChI is InChI=1S/C23H22ClNO5S/c1-4-5-7-25-18(22-12(2)6-8-31-22)17(20(27)23(25)28)19(26)15-10-13-9-14(24)11-16(29-3)21(13)30-15/h6,8-11,18,27H,4-5,7H2,1-3H3. The summed E-state index contributed by atoms with van der Waals surface area (Å²) in [7, 11) is 1.49. The number of amides is 1. The average Bonchev–Trinajstić information content (AvgIpc) is 3.42. The minimum Gasteiger partial charge on any atom is -0.503 e. The van der Waals surface area contributed by atoms with Crippen molar-refractivity contribution in [3.05, 3.63) is 62.2 Å². The van der Waals surface area contributed by atoms with E-state index >= 15 is 0 Å². The van der Waals surface area contributed by atoms with E-state index in [1.54, 1.807) is 23.1 Å². The zero-order valence-electron chi connectivity index (χ0n) is 17.4. The van der Waals surface area contributed by atoms with Crippen LogP contribution >= 0.6 is 22.9 Å². The van der Waals surface area contributed by atoms with Crippen LogP contribution in [0.25, 0.3) is 11.0 Å². The third kappa shape index (κ3) is 3.62. The molecule has 0 spiro atoms. The molecule has 4 rings (SSSR count). The summed E-state index contributed by atoms with van der Waals surface area (Å²) in [5, 5.41) is 13.7. The monoisotopic (exact) mass is 459 g/mol. The lowest BCUT2D eigenvalue weighted by Crippen LogP contribution is -2.32. The number of aliphatic hydroxyl groups excluding tert-OH is 1. The van der Waals surface area contributed by atoms with Crippen molar-refractivity contribution in [2.45, 2.75) is 32.7 Å². The molecule has 1 unspecified atom stereocenters. The molecule has 0 aliphatic carbocycles. The van der Waals surface area contributed by atoms with Crippen molar-refractivity contribution in [1.82, 2.24) is 4.90 Å². The number of aryl methyl sites for hydroxylation is 1. The molecule has 6 nitrogen and oxygen atoms in total. The Morgan fingerprint density at radius 1 is 1.35 bits per heavy atom. The molecule has 1 aliphatic rings. The van der Waals surface area contributed by atoms with Crippen LogP contribution < -0.4 is 4.74 Å². The van der Waals surface area contributed by atoms with Crippen LogP contribution in [0.2, 0.25) is 5.02 Å². The van der Waals surface area contributed by atoms with E-state index < -0.39 is 23.5 Å². The van der Waals surface area contributed by atoms with Gasteiger partial charge in [0.2, 0.25) is 5.78 Å². The predicted octanol–water partition coefficient (Wildman–Crippen LogP) is 5.84. The van der Waals surface area contributed by atoms with Crippen LogP contribution in [0.1, 0.15) is 46.8 Å². The van der Waals surface area contributed by atoms with Gasteiger partial charge < -0.3 is 19.2 Å². The van der Waals surface area contributed by atoms with Crippen LogP contribution in [0.4, 0.5) is 0 Å². The number of halogens is 1. The summed E-state index contributed by atoms with van der Waals surface area (Å²) in [6.07, 6.45) is 1.65. The van der Waals surface area contributed by atoms with E-state index in [0.29, 0.717) is 28.3 Å². The van der Waals surface area contributed by atoms with Crippen molar-refractivity contribution in [2.75, 3.05) is 13.7 Å². The third-order valence-electron chi connectivity index (χ3n) is 5.44. The predicted molar refractivity (Wildman–Crippen MR) is 120 cm³/mol. The van der Waals surface area contributed by atoms with Gasteiger partial charge in [0.15, 0.2) is 22.9 Å². The van der Waals surface area contributed by atoms with Crippen molar-refractivity contribution in [3.8, 4) is 5.75 Å². The summed E-state index contributed by atoms with van der Waals surface area (Å²) < 4.78 is 11.1. The number of methoxy groups -OCH3 is 1. The number of aliphatic hydroxyl groups is 1. The maximum absolute atomic E-state index is 13.5. The van der Waals surface area contributed by atoms with Gasteiger partial charge in [0.25, 0.3) is 5.91 Å². The molecular weight excluding hydrogens is 438 g/mol. The molecule has 0 saturated carbocycles. The molecule has 3 aromatic rings. The van der Waals surface area contributed by atoms with Gasteiger partial charge in [-0.25, -0.2) is 0 Å². The highest BCUT2D eigenvalue weighted by molar-refractivity contribution is 7.10. The van der Waals surface area contributed by atoms with E-state index in [4.69, 9.17) is 20.8 Å². The van der Waals surface area contributed by atoms with Gasteiger partial charge in [0, 0.05) is 27.9 Å². The van der Waals surface area contributed by atoms with E-state index in [9.17, 15) is 14.7 Å². The number of thiophene rings is 1. The first-order chi connectivity index (χ1) is 14.9. The first-order valence-electron chi connectivity index (χ1n) is 9.97. The van der Waals surface area contributed by atoms with Gasteiger partial charge >= 0.3 is 0 Å². The number of benzene rings is 1. The Balaban J connectivity index is 1.82. The summed E-state index contributed by atoms with van der Waals surface area (Å²) in [6.45, 7) is 4.40. The number of furan rings is 1. The number of rotatable bonds is 7. The molecule has 31 heavy (non-hydrogen) atoms. The summed E-state index contributed by atoms with van der Waals surface area (Å²) in [5.41, 5.74) is 1.38. The first kappa shape index (κ1) is 21.5. The van der Waals surface area contributed by atoms with Gasteiger partial charge in [-0.1, -0.05) is 24.9 Å². The number of nitrogens with zero attached hydrogens (tertiary/aromatic N) is 1. The first-order valence-corrected chi connectivity index (χ1v) is 11.2. The second-order valence-electron chi connectivity index (χ2n) is 7.45. The Morgan fingerprint density at radius 2 is 2.13 bits per heavy atom. The second-order valence-corrected chi connectivity index (χ2v) is 8.84. The van der Waals surface area contributed by atoms with Crippen molar-refractivity contribution in [2.24, 2.45) is 0 Å². The van der Waals surface area contributed by atoms with Crippen LogP contribution in [0.5, 0.6) is 5.75 Å². The van der Waals surface area contributed by atoms with E-state index in [2.05, 4.69) is 0 Å². The molecule has 1 aliphatic heterocycles. The highest BCUT2D eigenvalue weighted by Crippen LogP contribution is 2.43. The van der Waals surface area contributed by atoms with E-state index in [1.165, 1.54) is 18.4 Å². The maximum atomic E-state index is 13.5. The zero-order chi connectivity index (χ0) is 22.3. The van der Waals surface area contributed by atoms with Crippen LogP contribution in [0.3, 0.4) is 0 Å². The molecule has 2 aromatic heterocycles. The molecule has 1 N–H and O–H groups in total. The lowest BCUT2D eigenvalue weighted by molar-refractivity contribution is -0.129. The smallest absolute Gasteiger partial charge is 0.290 e. The van der Waals surface area contributed by atoms with Crippen molar-refractivity contribution >= 4 is 45.6 Å². The number of unbranched alkanes of at least 4 members (excludes halogenated alkanes) is 1. The topological polar surface area (TPSA) is 80.0 Å². The van der Waals surface area contributed by atoms with E-state index in [1.807, 2.05) is 25.3 Å². The number of carbonyl (C=O) groups is 2. The Kier molecular flexibility index (Phi) is 5.81. The van der Waals surface area contributed by atoms with Crippen molar-refractivity contribution in [1.29, 1.82) is 0 Å². The summed E-state index contributed by atoms with van der Waals surface area (Å²) in [6, 6.07) is 6.12. The van der Waals surface area contributed by atoms with E-state index in [-0.39, 0.29) is 11.3 Å². The lowest BCUT2D eigenvalue weighted by atomic mass is 9.98. The van der Waals surface area contributed by atoms with Crippen LogP contribution in [-0.2, 0) is 4.79 Å². The van der Waals surface area contributed by atoms with Gasteiger partial charge in [-0.05, 0) is 42.5 Å². The Bertz CT molecular complexity index is 1210. The Hall–Kier alpha value is -2.77.